The number of rotatable bonds is 5. The van der Waals surface area contributed by atoms with Crippen molar-refractivity contribution >= 4 is 57.8 Å². The van der Waals surface area contributed by atoms with E-state index < -0.39 is 5.97 Å². The second-order valence-electron chi connectivity index (χ2n) is 7.49. The first-order chi connectivity index (χ1) is 16.2. The number of aryl methyl sites for hydroxylation is 2. The van der Waals surface area contributed by atoms with Crippen LogP contribution in [-0.2, 0) is 4.79 Å². The van der Waals surface area contributed by atoms with Crippen LogP contribution in [0.5, 0.6) is 17.2 Å². The maximum absolute atomic E-state index is 12.9. The Hall–Kier alpha value is -3.25. The van der Waals surface area contributed by atoms with Crippen LogP contribution in [0.2, 0.25) is 15.1 Å². The smallest absolute Gasteiger partial charge is 0.336 e. The van der Waals surface area contributed by atoms with Crippen molar-refractivity contribution in [2.75, 3.05) is 0 Å². The van der Waals surface area contributed by atoms with Crippen LogP contribution >= 0.6 is 34.8 Å². The number of carbonyl (C=O) groups excluding carboxylic acids is 1. The van der Waals surface area contributed by atoms with Gasteiger partial charge in [-0.2, -0.15) is 0 Å². The Morgan fingerprint density at radius 2 is 1.65 bits per heavy atom. The Labute approximate surface area is 210 Å². The van der Waals surface area contributed by atoms with Gasteiger partial charge in [-0.1, -0.05) is 40.9 Å². The van der Waals surface area contributed by atoms with E-state index in [1.54, 1.807) is 36.4 Å². The minimum atomic E-state index is -0.610. The van der Waals surface area contributed by atoms with Gasteiger partial charge in [0.05, 0.1) is 15.4 Å². The fourth-order valence-corrected chi connectivity index (χ4v) is 3.66. The summed E-state index contributed by atoms with van der Waals surface area (Å²) in [5.41, 5.74) is 2.25. The van der Waals surface area contributed by atoms with Gasteiger partial charge in [0, 0.05) is 17.2 Å². The van der Waals surface area contributed by atoms with Crippen LogP contribution in [0.15, 0.2) is 70.1 Å². The Kier molecular flexibility index (Phi) is 6.98. The number of benzene rings is 3. The average molecular weight is 516 g/mol. The van der Waals surface area contributed by atoms with Gasteiger partial charge in [0.2, 0.25) is 11.2 Å². The fraction of sp³-hybridized carbons (Fsp3) is 0.0769. The molecule has 3 aromatic carbocycles. The van der Waals surface area contributed by atoms with Gasteiger partial charge in [0.1, 0.15) is 23.3 Å². The molecule has 0 unspecified atom stereocenters. The van der Waals surface area contributed by atoms with Gasteiger partial charge >= 0.3 is 5.97 Å². The highest BCUT2D eigenvalue weighted by Crippen LogP contribution is 2.29. The molecular weight excluding hydrogens is 499 g/mol. The second kappa shape index (κ2) is 9.94. The molecule has 0 atom stereocenters. The highest BCUT2D eigenvalue weighted by atomic mass is 35.5. The first-order valence-electron chi connectivity index (χ1n) is 10.1. The number of hydrogen-bond acceptors (Lipinski definition) is 5. The van der Waals surface area contributed by atoms with Crippen molar-refractivity contribution in [1.82, 2.24) is 0 Å². The Balaban J connectivity index is 1.52. The lowest BCUT2D eigenvalue weighted by atomic mass is 10.1. The average Bonchev–Trinajstić information content (AvgIpc) is 2.80. The molecule has 0 aliphatic rings. The van der Waals surface area contributed by atoms with Crippen molar-refractivity contribution in [1.29, 1.82) is 0 Å². The van der Waals surface area contributed by atoms with E-state index in [2.05, 4.69) is 0 Å². The minimum Gasteiger partial charge on any atom is -0.460 e. The highest BCUT2D eigenvalue weighted by Gasteiger charge is 2.12. The van der Waals surface area contributed by atoms with Gasteiger partial charge in [-0.25, -0.2) is 4.79 Å². The molecule has 0 aliphatic heterocycles. The molecular formula is C26H17Cl3O5. The van der Waals surface area contributed by atoms with Gasteiger partial charge in [-0.3, -0.25) is 4.79 Å². The van der Waals surface area contributed by atoms with Crippen LogP contribution in [0, 0.1) is 13.8 Å². The van der Waals surface area contributed by atoms with E-state index in [0.717, 1.165) is 11.1 Å². The molecule has 0 N–H and O–H groups in total. The Morgan fingerprint density at radius 1 is 0.912 bits per heavy atom. The van der Waals surface area contributed by atoms with Crippen molar-refractivity contribution in [3.63, 3.8) is 0 Å². The maximum Gasteiger partial charge on any atom is 0.336 e. The number of hydrogen-bond donors (Lipinski definition) is 0. The van der Waals surface area contributed by atoms with E-state index >= 15 is 0 Å². The van der Waals surface area contributed by atoms with E-state index in [1.165, 1.54) is 30.5 Å². The molecule has 0 bridgehead atoms. The zero-order chi connectivity index (χ0) is 24.4. The summed E-state index contributed by atoms with van der Waals surface area (Å²) in [5, 5.41) is 1.73. The monoisotopic (exact) mass is 514 g/mol. The summed E-state index contributed by atoms with van der Waals surface area (Å²) in [4.78, 5) is 25.1. The van der Waals surface area contributed by atoms with Gasteiger partial charge in [0.25, 0.3) is 0 Å². The van der Waals surface area contributed by atoms with E-state index in [4.69, 9.17) is 48.7 Å². The lowest BCUT2D eigenvalue weighted by molar-refractivity contribution is -0.128. The van der Waals surface area contributed by atoms with Crippen LogP contribution in [-0.4, -0.2) is 5.97 Å². The molecule has 0 spiro atoms. The summed E-state index contributed by atoms with van der Waals surface area (Å²) in [6.07, 6.45) is 4.03. The second-order valence-corrected chi connectivity index (χ2v) is 8.68. The quantitative estimate of drug-likeness (QED) is 0.154. The molecule has 4 aromatic rings. The number of fused-ring (bicyclic) bond motifs is 1. The first-order valence-corrected chi connectivity index (χ1v) is 11.2. The number of esters is 1. The third-order valence-electron chi connectivity index (χ3n) is 4.93. The lowest BCUT2D eigenvalue weighted by Crippen LogP contribution is -2.06. The Morgan fingerprint density at radius 3 is 2.35 bits per heavy atom. The molecule has 0 radical (unpaired) electrons. The van der Waals surface area contributed by atoms with Crippen LogP contribution in [0.25, 0.3) is 17.0 Å². The predicted molar refractivity (Wildman–Crippen MR) is 135 cm³/mol. The van der Waals surface area contributed by atoms with Crippen molar-refractivity contribution in [2.24, 2.45) is 0 Å². The zero-order valence-corrected chi connectivity index (χ0v) is 20.3. The number of carbonyl (C=O) groups is 1. The van der Waals surface area contributed by atoms with Gasteiger partial charge in [0.15, 0.2) is 0 Å². The summed E-state index contributed by atoms with van der Waals surface area (Å²) >= 11 is 18.0. The van der Waals surface area contributed by atoms with Crippen molar-refractivity contribution < 1.29 is 18.7 Å². The van der Waals surface area contributed by atoms with Crippen LogP contribution < -0.4 is 14.9 Å². The van der Waals surface area contributed by atoms with Gasteiger partial charge in [-0.05, 0) is 73.0 Å². The van der Waals surface area contributed by atoms with Crippen LogP contribution in [0.1, 0.15) is 16.7 Å². The highest BCUT2D eigenvalue weighted by molar-refractivity contribution is 6.42. The Bertz CT molecular complexity index is 1480. The lowest BCUT2D eigenvalue weighted by Gasteiger charge is -2.09. The van der Waals surface area contributed by atoms with E-state index in [0.29, 0.717) is 26.4 Å². The van der Waals surface area contributed by atoms with E-state index in [9.17, 15) is 9.59 Å². The summed E-state index contributed by atoms with van der Waals surface area (Å²) < 4.78 is 16.6. The van der Waals surface area contributed by atoms with Gasteiger partial charge < -0.3 is 13.9 Å². The molecule has 0 saturated carbocycles. The predicted octanol–water partition coefficient (Wildman–Crippen LogP) is 7.78. The molecule has 8 heteroatoms. The minimum absolute atomic E-state index is 0.0305. The summed E-state index contributed by atoms with van der Waals surface area (Å²) in [6.45, 7) is 3.71. The molecule has 0 amide bonds. The van der Waals surface area contributed by atoms with Gasteiger partial charge in [-0.15, -0.1) is 0 Å². The van der Waals surface area contributed by atoms with Crippen LogP contribution in [0.3, 0.4) is 0 Å². The fourth-order valence-electron chi connectivity index (χ4n) is 3.25. The maximum atomic E-state index is 12.9. The molecule has 1 heterocycles. The van der Waals surface area contributed by atoms with Crippen molar-refractivity contribution in [2.45, 2.75) is 13.8 Å². The molecule has 34 heavy (non-hydrogen) atoms. The first kappa shape index (κ1) is 23.9. The molecule has 0 saturated heterocycles. The topological polar surface area (TPSA) is 65.7 Å². The number of ether oxygens (including phenoxy) is 2. The normalized spacial score (nSPS) is 11.2. The summed E-state index contributed by atoms with van der Waals surface area (Å²) in [5.74, 6) is 0.117. The third kappa shape index (κ3) is 5.28. The SMILES string of the molecule is Cc1cc(Oc2coc3cc(OC(=O)/C=C/c4ccc(Cl)c(Cl)c4)ccc3c2=O)cc(C)c1Cl. The summed E-state index contributed by atoms with van der Waals surface area (Å²) in [6, 6.07) is 12.9. The van der Waals surface area contributed by atoms with E-state index in [1.807, 2.05) is 13.8 Å². The van der Waals surface area contributed by atoms with Crippen molar-refractivity contribution in [3.8, 4) is 17.2 Å². The number of halogens is 3. The zero-order valence-electron chi connectivity index (χ0n) is 18.0. The molecule has 172 valence electrons. The van der Waals surface area contributed by atoms with E-state index in [-0.39, 0.29) is 27.9 Å². The molecule has 0 fully saturated rings. The summed E-state index contributed by atoms with van der Waals surface area (Å²) in [7, 11) is 0. The standard InChI is InChI=1S/C26H17Cl3O5/c1-14-9-18(10-15(2)25(14)29)33-23-13-32-22-12-17(5-6-19(22)26(23)31)34-24(30)8-4-16-3-7-20(27)21(28)11-16/h3-13H,1-2H3/b8-4+. The molecule has 5 nitrogen and oxygen atoms in total. The van der Waals surface area contributed by atoms with Crippen LogP contribution in [0.4, 0.5) is 0 Å². The van der Waals surface area contributed by atoms with Crippen molar-refractivity contribution in [3.05, 3.63) is 103 Å². The largest absolute Gasteiger partial charge is 0.460 e. The molecule has 0 aliphatic carbocycles. The third-order valence-corrected chi connectivity index (χ3v) is 6.26. The molecule has 4 rings (SSSR count). The molecule has 1 aromatic heterocycles.